The highest BCUT2D eigenvalue weighted by atomic mass is 19.1. The third-order valence-electron chi connectivity index (χ3n) is 4.62. The van der Waals surface area contributed by atoms with Crippen molar-refractivity contribution in [2.24, 2.45) is 0 Å². The van der Waals surface area contributed by atoms with E-state index in [1.165, 1.54) is 12.1 Å². The van der Waals surface area contributed by atoms with Crippen LogP contribution in [0.1, 0.15) is 29.3 Å². The molecule has 2 heterocycles. The van der Waals surface area contributed by atoms with Crippen LogP contribution in [0, 0.1) is 24.1 Å². The first-order chi connectivity index (χ1) is 13.0. The molecular weight excluding hydrogens is 347 g/mol. The summed E-state index contributed by atoms with van der Waals surface area (Å²) in [5.41, 5.74) is 2.55. The minimum absolute atomic E-state index is 0.0625. The van der Waals surface area contributed by atoms with Gasteiger partial charge in [-0.1, -0.05) is 11.2 Å². The van der Waals surface area contributed by atoms with E-state index in [2.05, 4.69) is 16.2 Å². The number of benzene rings is 2. The molecule has 7 heteroatoms. The molecule has 2 aromatic carbocycles. The lowest BCUT2D eigenvalue weighted by Gasteiger charge is -2.18. The summed E-state index contributed by atoms with van der Waals surface area (Å²) in [6.45, 7) is 2.18. The molecule has 1 saturated heterocycles. The van der Waals surface area contributed by atoms with Crippen molar-refractivity contribution in [2.45, 2.75) is 19.3 Å². The molecule has 0 radical (unpaired) electrons. The third kappa shape index (κ3) is 3.17. The van der Waals surface area contributed by atoms with E-state index in [4.69, 9.17) is 9.78 Å². The monoisotopic (exact) mass is 362 g/mol. The molecule has 0 spiro atoms. The maximum Gasteiger partial charge on any atom is 0.257 e. The van der Waals surface area contributed by atoms with Gasteiger partial charge in [-0.2, -0.15) is 10.2 Å². The van der Waals surface area contributed by atoms with Gasteiger partial charge in [0.25, 0.3) is 5.89 Å². The summed E-state index contributed by atoms with van der Waals surface area (Å²) in [6.07, 6.45) is 0.258. The third-order valence-corrected chi connectivity index (χ3v) is 4.62. The standard InChI is InChI=1S/C20H15FN4O2/c1-12-7-16(21)5-6-17(12)25-11-15(9-18(25)26)19-23-20(27-24-19)14-4-2-3-13(8-14)10-22/h2-8,15H,9,11H2,1H3. The molecule has 134 valence electrons. The quantitative estimate of drug-likeness (QED) is 0.711. The van der Waals surface area contributed by atoms with Crippen molar-refractivity contribution in [3.63, 3.8) is 0 Å². The molecule has 0 saturated carbocycles. The fourth-order valence-electron chi connectivity index (χ4n) is 3.27. The summed E-state index contributed by atoms with van der Waals surface area (Å²) in [4.78, 5) is 18.5. The maximum atomic E-state index is 13.3. The molecule has 1 aliphatic heterocycles. The number of carbonyl (C=O) groups excluding carboxylic acids is 1. The molecule has 27 heavy (non-hydrogen) atoms. The molecule has 1 aliphatic rings. The predicted octanol–water partition coefficient (Wildman–Crippen LogP) is 3.58. The first kappa shape index (κ1) is 16.9. The Balaban J connectivity index is 1.58. The van der Waals surface area contributed by atoms with E-state index in [-0.39, 0.29) is 24.1 Å². The molecule has 3 aromatic rings. The Bertz CT molecular complexity index is 1070. The molecule has 1 amide bonds. The number of hydrogen-bond acceptors (Lipinski definition) is 5. The highest BCUT2D eigenvalue weighted by molar-refractivity contribution is 5.97. The van der Waals surface area contributed by atoms with Gasteiger partial charge >= 0.3 is 0 Å². The summed E-state index contributed by atoms with van der Waals surface area (Å²) in [5.74, 6) is 0.155. The van der Waals surface area contributed by atoms with E-state index in [0.717, 1.165) is 0 Å². The number of rotatable bonds is 3. The molecule has 4 rings (SSSR count). The number of hydrogen-bond donors (Lipinski definition) is 0. The smallest absolute Gasteiger partial charge is 0.257 e. The van der Waals surface area contributed by atoms with Crippen LogP contribution in [-0.2, 0) is 4.79 Å². The molecule has 0 N–H and O–H groups in total. The lowest BCUT2D eigenvalue weighted by Crippen LogP contribution is -2.25. The highest BCUT2D eigenvalue weighted by Crippen LogP contribution is 2.33. The Morgan fingerprint density at radius 2 is 2.15 bits per heavy atom. The van der Waals surface area contributed by atoms with Gasteiger partial charge in [-0.05, 0) is 48.9 Å². The fourth-order valence-corrected chi connectivity index (χ4v) is 3.27. The zero-order valence-electron chi connectivity index (χ0n) is 14.5. The second-order valence-electron chi connectivity index (χ2n) is 6.49. The van der Waals surface area contributed by atoms with Crippen molar-refractivity contribution < 1.29 is 13.7 Å². The average Bonchev–Trinajstić information content (AvgIpc) is 3.29. The highest BCUT2D eigenvalue weighted by Gasteiger charge is 2.35. The number of nitrogens with zero attached hydrogens (tertiary/aromatic N) is 4. The Labute approximate surface area is 154 Å². The van der Waals surface area contributed by atoms with Crippen LogP contribution in [0.4, 0.5) is 10.1 Å². The van der Waals surface area contributed by atoms with Crippen molar-refractivity contribution in [1.29, 1.82) is 5.26 Å². The number of anilines is 1. The first-order valence-electron chi connectivity index (χ1n) is 8.46. The Morgan fingerprint density at radius 3 is 2.93 bits per heavy atom. The molecule has 1 unspecified atom stereocenters. The summed E-state index contributed by atoms with van der Waals surface area (Å²) in [6, 6.07) is 13.3. The SMILES string of the molecule is Cc1cc(F)ccc1N1CC(c2noc(-c3cccc(C#N)c3)n2)CC1=O. The average molecular weight is 362 g/mol. The fraction of sp³-hybridized carbons (Fsp3) is 0.200. The van der Waals surface area contributed by atoms with Crippen molar-refractivity contribution in [3.8, 4) is 17.5 Å². The lowest BCUT2D eigenvalue weighted by molar-refractivity contribution is -0.117. The molecule has 1 fully saturated rings. The number of carbonyl (C=O) groups is 1. The van der Waals surface area contributed by atoms with Gasteiger partial charge in [0.05, 0.1) is 11.6 Å². The largest absolute Gasteiger partial charge is 0.334 e. The number of amides is 1. The van der Waals surface area contributed by atoms with Gasteiger partial charge in [0.15, 0.2) is 5.82 Å². The topological polar surface area (TPSA) is 83.0 Å². The van der Waals surface area contributed by atoms with Gasteiger partial charge in [-0.3, -0.25) is 4.79 Å². The molecule has 1 atom stereocenters. The Hall–Kier alpha value is -3.53. The minimum Gasteiger partial charge on any atom is -0.334 e. The van der Waals surface area contributed by atoms with Crippen molar-refractivity contribution in [1.82, 2.24) is 10.1 Å². The van der Waals surface area contributed by atoms with Gasteiger partial charge in [0.2, 0.25) is 5.91 Å². The van der Waals surface area contributed by atoms with Crippen LogP contribution < -0.4 is 4.90 Å². The zero-order valence-corrected chi connectivity index (χ0v) is 14.5. The molecule has 1 aromatic heterocycles. The van der Waals surface area contributed by atoms with Gasteiger partial charge in [0, 0.05) is 30.1 Å². The van der Waals surface area contributed by atoms with E-state index in [0.29, 0.717) is 40.6 Å². The van der Waals surface area contributed by atoms with Gasteiger partial charge < -0.3 is 9.42 Å². The molecule has 0 bridgehead atoms. The van der Waals surface area contributed by atoms with Crippen LogP contribution >= 0.6 is 0 Å². The van der Waals surface area contributed by atoms with Gasteiger partial charge in [0.1, 0.15) is 5.82 Å². The van der Waals surface area contributed by atoms with Crippen LogP contribution in [0.3, 0.4) is 0 Å². The van der Waals surface area contributed by atoms with E-state index in [1.807, 2.05) is 0 Å². The second kappa shape index (κ2) is 6.65. The van der Waals surface area contributed by atoms with Crippen molar-refractivity contribution in [3.05, 3.63) is 65.2 Å². The predicted molar refractivity (Wildman–Crippen MR) is 95.3 cm³/mol. The number of aryl methyl sites for hydroxylation is 1. The summed E-state index contributed by atoms with van der Waals surface area (Å²) in [5, 5.41) is 13.0. The van der Waals surface area contributed by atoms with Gasteiger partial charge in [-0.15, -0.1) is 0 Å². The Morgan fingerprint density at radius 1 is 1.30 bits per heavy atom. The van der Waals surface area contributed by atoms with Crippen LogP contribution in [0.5, 0.6) is 0 Å². The summed E-state index contributed by atoms with van der Waals surface area (Å²) < 4.78 is 18.7. The van der Waals surface area contributed by atoms with E-state index >= 15 is 0 Å². The maximum absolute atomic E-state index is 13.3. The van der Waals surface area contributed by atoms with Crippen LogP contribution in [0.15, 0.2) is 47.0 Å². The molecule has 6 nitrogen and oxygen atoms in total. The number of nitriles is 1. The van der Waals surface area contributed by atoms with Gasteiger partial charge in [-0.25, -0.2) is 4.39 Å². The normalized spacial score (nSPS) is 16.6. The number of halogens is 1. The molecular formula is C20H15FN4O2. The lowest BCUT2D eigenvalue weighted by atomic mass is 10.1. The van der Waals surface area contributed by atoms with Crippen LogP contribution in [0.25, 0.3) is 11.5 Å². The Kier molecular flexibility index (Phi) is 4.16. The van der Waals surface area contributed by atoms with E-state index in [9.17, 15) is 9.18 Å². The van der Waals surface area contributed by atoms with Crippen molar-refractivity contribution in [2.75, 3.05) is 11.4 Å². The van der Waals surface area contributed by atoms with Crippen LogP contribution in [-0.4, -0.2) is 22.6 Å². The summed E-state index contributed by atoms with van der Waals surface area (Å²) >= 11 is 0. The van der Waals surface area contributed by atoms with E-state index < -0.39 is 0 Å². The number of aromatic nitrogens is 2. The van der Waals surface area contributed by atoms with Crippen LogP contribution in [0.2, 0.25) is 0 Å². The minimum atomic E-state index is -0.332. The van der Waals surface area contributed by atoms with E-state index in [1.54, 1.807) is 42.2 Å². The zero-order chi connectivity index (χ0) is 19.0. The molecule has 0 aliphatic carbocycles. The first-order valence-corrected chi connectivity index (χ1v) is 8.46. The van der Waals surface area contributed by atoms with Crippen molar-refractivity contribution >= 4 is 11.6 Å². The second-order valence-corrected chi connectivity index (χ2v) is 6.49. The summed E-state index contributed by atoms with van der Waals surface area (Å²) in [7, 11) is 0.